The minimum atomic E-state index is 0.232. The summed E-state index contributed by atoms with van der Waals surface area (Å²) in [5.74, 6) is 0.915. The van der Waals surface area contributed by atoms with Crippen molar-refractivity contribution in [2.24, 2.45) is 5.92 Å². The van der Waals surface area contributed by atoms with Crippen LogP contribution < -0.4 is 0 Å². The maximum atomic E-state index is 11.4. The highest BCUT2D eigenvalue weighted by Gasteiger charge is 2.21. The molecular weight excluding hydrogens is 222 g/mol. The lowest BCUT2D eigenvalue weighted by Crippen LogP contribution is -2.38. The number of nitrogens with zero attached hydrogens (tertiary/aromatic N) is 1. The lowest BCUT2D eigenvalue weighted by molar-refractivity contribution is -0.130. The molecule has 0 radical (unpaired) electrons. The molecule has 1 amide bonds. The molecule has 1 heterocycles. The minimum absolute atomic E-state index is 0.232. The van der Waals surface area contributed by atoms with Gasteiger partial charge in [-0.25, -0.2) is 0 Å². The van der Waals surface area contributed by atoms with Gasteiger partial charge in [-0.2, -0.15) is 0 Å². The van der Waals surface area contributed by atoms with Gasteiger partial charge in [-0.3, -0.25) is 4.79 Å². The van der Waals surface area contributed by atoms with Gasteiger partial charge in [-0.1, -0.05) is 24.3 Å². The van der Waals surface area contributed by atoms with Crippen molar-refractivity contribution < 1.29 is 4.79 Å². The van der Waals surface area contributed by atoms with E-state index in [1.165, 1.54) is 24.0 Å². The van der Waals surface area contributed by atoms with Gasteiger partial charge in [-0.15, -0.1) is 0 Å². The molecule has 1 aliphatic heterocycles. The van der Waals surface area contributed by atoms with Gasteiger partial charge in [0.25, 0.3) is 0 Å². The largest absolute Gasteiger partial charge is 0.343 e. The Bertz CT molecular complexity index is 413. The fourth-order valence-corrected chi connectivity index (χ4v) is 2.84. The van der Waals surface area contributed by atoms with E-state index in [-0.39, 0.29) is 5.91 Å². The highest BCUT2D eigenvalue weighted by Crippen LogP contribution is 2.22. The highest BCUT2D eigenvalue weighted by molar-refractivity contribution is 5.73. The van der Waals surface area contributed by atoms with E-state index in [9.17, 15) is 4.79 Å². The lowest BCUT2D eigenvalue weighted by Gasteiger charge is -2.32. The summed E-state index contributed by atoms with van der Waals surface area (Å²) in [5, 5.41) is 0. The number of hydrogen-bond acceptors (Lipinski definition) is 1. The number of rotatable bonds is 3. The fourth-order valence-electron chi connectivity index (χ4n) is 2.84. The lowest BCUT2D eigenvalue weighted by atomic mass is 9.90. The van der Waals surface area contributed by atoms with Gasteiger partial charge in [0.2, 0.25) is 5.91 Å². The van der Waals surface area contributed by atoms with Crippen molar-refractivity contribution >= 4 is 5.91 Å². The Morgan fingerprint density at radius 3 is 2.89 bits per heavy atom. The van der Waals surface area contributed by atoms with Gasteiger partial charge in [0.15, 0.2) is 0 Å². The quantitative estimate of drug-likeness (QED) is 0.801. The Labute approximate surface area is 110 Å². The van der Waals surface area contributed by atoms with Gasteiger partial charge in [0, 0.05) is 20.0 Å². The Kier molecular flexibility index (Phi) is 4.40. The molecule has 0 N–H and O–H groups in total. The van der Waals surface area contributed by atoms with E-state index in [1.54, 1.807) is 6.92 Å². The Balaban J connectivity index is 1.87. The van der Waals surface area contributed by atoms with Crippen molar-refractivity contribution in [3.63, 3.8) is 0 Å². The van der Waals surface area contributed by atoms with E-state index < -0.39 is 0 Å². The van der Waals surface area contributed by atoms with E-state index in [2.05, 4.69) is 31.2 Å². The summed E-state index contributed by atoms with van der Waals surface area (Å²) in [6.07, 6.45) is 4.78. The van der Waals surface area contributed by atoms with Gasteiger partial charge in [0.1, 0.15) is 0 Å². The van der Waals surface area contributed by atoms with Crippen LogP contribution in [0.15, 0.2) is 24.3 Å². The van der Waals surface area contributed by atoms with Gasteiger partial charge < -0.3 is 4.90 Å². The van der Waals surface area contributed by atoms with Crippen LogP contribution in [0.5, 0.6) is 0 Å². The Morgan fingerprint density at radius 2 is 2.17 bits per heavy atom. The summed E-state index contributed by atoms with van der Waals surface area (Å²) in [4.78, 5) is 13.4. The molecule has 0 spiro atoms. The first kappa shape index (κ1) is 13.1. The normalized spacial score (nSPS) is 19.9. The first-order chi connectivity index (χ1) is 8.66. The molecular formula is C16H23NO. The van der Waals surface area contributed by atoms with E-state index in [0.717, 1.165) is 25.9 Å². The number of carbonyl (C=O) groups is 1. The number of hydrogen-bond donors (Lipinski definition) is 0. The standard InChI is InChI=1S/C16H23NO/c1-13-6-3-4-8-16(13)10-9-15-7-5-11-17(12-15)14(2)18/h3-4,6,8,15H,5,7,9-12H2,1-2H3/t15-/m1/s1. The summed E-state index contributed by atoms with van der Waals surface area (Å²) in [6.45, 7) is 5.78. The molecule has 1 aromatic rings. The highest BCUT2D eigenvalue weighted by atomic mass is 16.2. The van der Waals surface area contributed by atoms with Crippen molar-refractivity contribution in [2.75, 3.05) is 13.1 Å². The fraction of sp³-hybridized carbons (Fsp3) is 0.562. The number of likely N-dealkylation sites (tertiary alicyclic amines) is 1. The summed E-state index contributed by atoms with van der Waals surface area (Å²) < 4.78 is 0. The summed E-state index contributed by atoms with van der Waals surface area (Å²) in [5.41, 5.74) is 2.84. The number of aryl methyl sites for hydroxylation is 2. The molecule has 98 valence electrons. The molecule has 1 saturated heterocycles. The molecule has 0 bridgehead atoms. The maximum absolute atomic E-state index is 11.4. The molecule has 0 aliphatic carbocycles. The predicted octanol–water partition coefficient (Wildman–Crippen LogP) is 3.19. The minimum Gasteiger partial charge on any atom is -0.343 e. The van der Waals surface area contributed by atoms with E-state index in [0.29, 0.717) is 5.92 Å². The first-order valence-electron chi connectivity index (χ1n) is 6.97. The number of piperidine rings is 1. The summed E-state index contributed by atoms with van der Waals surface area (Å²) in [6, 6.07) is 8.61. The second-order valence-corrected chi connectivity index (χ2v) is 5.44. The van der Waals surface area contributed by atoms with Crippen molar-refractivity contribution in [3.8, 4) is 0 Å². The van der Waals surface area contributed by atoms with E-state index in [1.807, 2.05) is 4.90 Å². The van der Waals surface area contributed by atoms with Crippen molar-refractivity contribution in [3.05, 3.63) is 35.4 Å². The first-order valence-corrected chi connectivity index (χ1v) is 6.97. The maximum Gasteiger partial charge on any atom is 0.219 e. The molecule has 0 aromatic heterocycles. The zero-order chi connectivity index (χ0) is 13.0. The van der Waals surface area contributed by atoms with Gasteiger partial charge >= 0.3 is 0 Å². The molecule has 1 aliphatic rings. The number of amides is 1. The number of benzene rings is 1. The zero-order valence-corrected chi connectivity index (χ0v) is 11.5. The van der Waals surface area contributed by atoms with Crippen LogP contribution in [0.4, 0.5) is 0 Å². The van der Waals surface area contributed by atoms with Crippen LogP contribution in [-0.4, -0.2) is 23.9 Å². The number of carbonyl (C=O) groups excluding carboxylic acids is 1. The van der Waals surface area contributed by atoms with Crippen molar-refractivity contribution in [2.45, 2.75) is 39.5 Å². The van der Waals surface area contributed by atoms with E-state index >= 15 is 0 Å². The second kappa shape index (κ2) is 6.03. The van der Waals surface area contributed by atoms with Crippen LogP contribution in [0.1, 0.15) is 37.3 Å². The summed E-state index contributed by atoms with van der Waals surface area (Å²) >= 11 is 0. The molecule has 1 fully saturated rings. The third-order valence-corrected chi connectivity index (χ3v) is 4.05. The van der Waals surface area contributed by atoms with Crippen LogP contribution in [0, 0.1) is 12.8 Å². The smallest absolute Gasteiger partial charge is 0.219 e. The molecule has 0 saturated carbocycles. The molecule has 1 atom stereocenters. The monoisotopic (exact) mass is 245 g/mol. The predicted molar refractivity (Wildman–Crippen MR) is 74.5 cm³/mol. The average Bonchev–Trinajstić information content (AvgIpc) is 2.38. The SMILES string of the molecule is CC(=O)N1CCC[C@H](CCc2ccccc2C)C1. The average molecular weight is 245 g/mol. The van der Waals surface area contributed by atoms with Crippen LogP contribution in [0.3, 0.4) is 0 Å². The van der Waals surface area contributed by atoms with Crippen LogP contribution in [0.2, 0.25) is 0 Å². The van der Waals surface area contributed by atoms with Crippen LogP contribution in [0.25, 0.3) is 0 Å². The molecule has 2 nitrogen and oxygen atoms in total. The van der Waals surface area contributed by atoms with Crippen LogP contribution >= 0.6 is 0 Å². The van der Waals surface area contributed by atoms with Crippen molar-refractivity contribution in [1.29, 1.82) is 0 Å². The molecule has 1 aromatic carbocycles. The topological polar surface area (TPSA) is 20.3 Å². The van der Waals surface area contributed by atoms with Gasteiger partial charge in [-0.05, 0) is 49.7 Å². The second-order valence-electron chi connectivity index (χ2n) is 5.44. The third kappa shape index (κ3) is 3.34. The zero-order valence-electron chi connectivity index (χ0n) is 11.5. The molecule has 2 heteroatoms. The van der Waals surface area contributed by atoms with E-state index in [4.69, 9.17) is 0 Å². The van der Waals surface area contributed by atoms with Crippen molar-refractivity contribution in [1.82, 2.24) is 4.90 Å². The summed E-state index contributed by atoms with van der Waals surface area (Å²) in [7, 11) is 0. The molecule has 18 heavy (non-hydrogen) atoms. The van der Waals surface area contributed by atoms with Gasteiger partial charge in [0.05, 0.1) is 0 Å². The van der Waals surface area contributed by atoms with Crippen LogP contribution in [-0.2, 0) is 11.2 Å². The molecule has 0 unspecified atom stereocenters. The Hall–Kier alpha value is -1.31. The Morgan fingerprint density at radius 1 is 1.39 bits per heavy atom. The third-order valence-electron chi connectivity index (χ3n) is 4.05. The molecule has 2 rings (SSSR count).